The van der Waals surface area contributed by atoms with Gasteiger partial charge in [-0.3, -0.25) is 10.1 Å². The number of ether oxygens (including phenoxy) is 3. The molecule has 0 bridgehead atoms. The van der Waals surface area contributed by atoms with Crippen LogP contribution in [-0.4, -0.2) is 55.0 Å². The van der Waals surface area contributed by atoms with Gasteiger partial charge in [-0.2, -0.15) is 0 Å². The zero-order valence-electron chi connectivity index (χ0n) is 20.8. The summed E-state index contributed by atoms with van der Waals surface area (Å²) >= 11 is 0. The number of amides is 3. The van der Waals surface area contributed by atoms with E-state index < -0.39 is 23.8 Å². The number of carbonyl (C=O) groups excluding carboxylic acids is 4. The lowest BCUT2D eigenvalue weighted by atomic mass is 9.92. The van der Waals surface area contributed by atoms with Crippen LogP contribution in [0.2, 0.25) is 0 Å². The molecule has 0 radical (unpaired) electrons. The highest BCUT2D eigenvalue weighted by atomic mass is 16.6. The SMILES string of the molecule is CCOC(=O)N[C@@]1(C(=O)OCC)C=C2C(=O)N(Cc3ccccc3)c3cccc(c32)N1C(=O)OCC.O. The zero-order valence-corrected chi connectivity index (χ0v) is 20.8. The molecule has 2 heterocycles. The summed E-state index contributed by atoms with van der Waals surface area (Å²) in [6, 6.07) is 14.4. The highest BCUT2D eigenvalue weighted by molar-refractivity contribution is 6.36. The number of esters is 1. The van der Waals surface area contributed by atoms with E-state index in [4.69, 9.17) is 14.2 Å². The standard InChI is InChI=1S/C26H27N3O7.H2O/c1-4-34-23(31)26(27-24(32)35-5-2)15-18-21-19(13-10-14-20(21)29(26)25(33)36-6-3)28(22(18)30)16-17-11-8-7-9-12-17;/h7-15H,4-6,16H2,1-3H3,(H,27,32);1H2/t26-;/m0./s1. The van der Waals surface area contributed by atoms with Gasteiger partial charge in [0.2, 0.25) is 5.66 Å². The molecule has 0 fully saturated rings. The molecule has 0 spiro atoms. The van der Waals surface area contributed by atoms with Gasteiger partial charge in [-0.25, -0.2) is 19.3 Å². The molecule has 196 valence electrons. The second kappa shape index (κ2) is 11.1. The van der Waals surface area contributed by atoms with Crippen molar-refractivity contribution < 1.29 is 38.9 Å². The molecule has 0 saturated carbocycles. The van der Waals surface area contributed by atoms with Crippen LogP contribution in [0, 0.1) is 0 Å². The Morgan fingerprint density at radius 2 is 1.51 bits per heavy atom. The Hall–Kier alpha value is -4.38. The fraction of sp³-hybridized carbons (Fsp3) is 0.308. The molecule has 0 aromatic heterocycles. The van der Waals surface area contributed by atoms with Crippen molar-refractivity contribution in [1.29, 1.82) is 0 Å². The molecule has 2 aromatic rings. The third-order valence-corrected chi connectivity index (χ3v) is 5.79. The van der Waals surface area contributed by atoms with Gasteiger partial charge in [-0.1, -0.05) is 36.4 Å². The van der Waals surface area contributed by atoms with Gasteiger partial charge in [-0.05, 0) is 44.5 Å². The average Bonchev–Trinajstić information content (AvgIpc) is 3.12. The largest absolute Gasteiger partial charge is 0.463 e. The number of alkyl carbamates (subject to hydrolysis) is 1. The van der Waals surface area contributed by atoms with Crippen molar-refractivity contribution in [3.8, 4) is 0 Å². The van der Waals surface area contributed by atoms with Crippen molar-refractivity contribution in [3.05, 3.63) is 65.7 Å². The highest BCUT2D eigenvalue weighted by Gasteiger charge is 2.56. The Morgan fingerprint density at radius 3 is 2.16 bits per heavy atom. The predicted octanol–water partition coefficient (Wildman–Crippen LogP) is 2.77. The maximum absolute atomic E-state index is 13.7. The summed E-state index contributed by atoms with van der Waals surface area (Å²) in [5.74, 6) is -1.35. The number of nitrogens with zero attached hydrogens (tertiary/aromatic N) is 2. The van der Waals surface area contributed by atoms with Crippen LogP contribution in [0.4, 0.5) is 21.0 Å². The monoisotopic (exact) mass is 511 g/mol. The molecule has 1 atom stereocenters. The predicted molar refractivity (Wildman–Crippen MR) is 135 cm³/mol. The lowest BCUT2D eigenvalue weighted by Crippen LogP contribution is -2.68. The minimum Gasteiger partial charge on any atom is -0.463 e. The fourth-order valence-corrected chi connectivity index (χ4v) is 4.39. The molecule has 2 aliphatic heterocycles. The molecule has 0 unspecified atom stereocenters. The van der Waals surface area contributed by atoms with E-state index in [1.54, 1.807) is 43.9 Å². The minimum absolute atomic E-state index is 0. The summed E-state index contributed by atoms with van der Waals surface area (Å²) in [5.41, 5.74) is 0.0754. The zero-order chi connectivity index (χ0) is 25.9. The van der Waals surface area contributed by atoms with E-state index in [-0.39, 0.29) is 49.0 Å². The third kappa shape index (κ3) is 4.73. The molecule has 4 rings (SSSR count). The molecular weight excluding hydrogens is 482 g/mol. The van der Waals surface area contributed by atoms with Crippen molar-refractivity contribution in [1.82, 2.24) is 5.32 Å². The molecular formula is C26H29N3O8. The van der Waals surface area contributed by atoms with Crippen molar-refractivity contribution >= 4 is 41.0 Å². The highest BCUT2D eigenvalue weighted by Crippen LogP contribution is 2.49. The van der Waals surface area contributed by atoms with Crippen LogP contribution in [0.15, 0.2) is 54.6 Å². The number of rotatable bonds is 7. The number of hydrogen-bond acceptors (Lipinski definition) is 7. The number of carbonyl (C=O) groups is 4. The number of anilines is 2. The van der Waals surface area contributed by atoms with Crippen molar-refractivity contribution in [3.63, 3.8) is 0 Å². The van der Waals surface area contributed by atoms with Crippen molar-refractivity contribution in [2.24, 2.45) is 0 Å². The Kier molecular flexibility index (Phi) is 8.18. The van der Waals surface area contributed by atoms with E-state index in [0.717, 1.165) is 10.5 Å². The summed E-state index contributed by atoms with van der Waals surface area (Å²) in [4.78, 5) is 55.6. The quantitative estimate of drug-likeness (QED) is 0.444. The Balaban J connectivity index is 0.00000380. The molecule has 3 amide bonds. The average molecular weight is 512 g/mol. The van der Waals surface area contributed by atoms with Crippen LogP contribution in [0.1, 0.15) is 31.9 Å². The van der Waals surface area contributed by atoms with Crippen LogP contribution >= 0.6 is 0 Å². The smallest absolute Gasteiger partial charge is 0.417 e. The summed E-state index contributed by atoms with van der Waals surface area (Å²) < 4.78 is 15.6. The van der Waals surface area contributed by atoms with E-state index in [9.17, 15) is 19.2 Å². The first kappa shape index (κ1) is 27.2. The number of nitrogens with one attached hydrogen (secondary N) is 1. The van der Waals surface area contributed by atoms with Gasteiger partial charge in [0.05, 0.1) is 43.3 Å². The van der Waals surface area contributed by atoms with Crippen LogP contribution in [0.3, 0.4) is 0 Å². The number of benzene rings is 2. The molecule has 11 nitrogen and oxygen atoms in total. The fourth-order valence-electron chi connectivity index (χ4n) is 4.39. The van der Waals surface area contributed by atoms with Crippen molar-refractivity contribution in [2.75, 3.05) is 29.6 Å². The third-order valence-electron chi connectivity index (χ3n) is 5.79. The van der Waals surface area contributed by atoms with Gasteiger partial charge >= 0.3 is 18.2 Å². The Morgan fingerprint density at radius 1 is 0.865 bits per heavy atom. The van der Waals surface area contributed by atoms with E-state index in [0.29, 0.717) is 11.3 Å². The summed E-state index contributed by atoms with van der Waals surface area (Å²) in [7, 11) is 0. The minimum atomic E-state index is -2.21. The normalized spacial score (nSPS) is 17.3. The van der Waals surface area contributed by atoms with Gasteiger partial charge in [0.15, 0.2) is 0 Å². The van der Waals surface area contributed by atoms with E-state index in [1.807, 2.05) is 30.3 Å². The first-order chi connectivity index (χ1) is 17.4. The summed E-state index contributed by atoms with van der Waals surface area (Å²) in [6.45, 7) is 5.08. The molecule has 0 saturated heterocycles. The van der Waals surface area contributed by atoms with Crippen LogP contribution in [0.5, 0.6) is 0 Å². The lowest BCUT2D eigenvalue weighted by Gasteiger charge is -2.41. The summed E-state index contributed by atoms with van der Waals surface area (Å²) in [5, 5.41) is 2.46. The molecule has 37 heavy (non-hydrogen) atoms. The molecule has 2 aromatic carbocycles. The first-order valence-corrected chi connectivity index (χ1v) is 11.7. The number of hydrogen-bond donors (Lipinski definition) is 1. The van der Waals surface area contributed by atoms with Gasteiger partial charge in [-0.15, -0.1) is 0 Å². The van der Waals surface area contributed by atoms with E-state index in [2.05, 4.69) is 5.32 Å². The second-order valence-electron chi connectivity index (χ2n) is 7.97. The Bertz CT molecular complexity index is 1230. The van der Waals surface area contributed by atoms with Gasteiger partial charge < -0.3 is 24.6 Å². The van der Waals surface area contributed by atoms with Crippen LogP contribution in [-0.2, 0) is 30.3 Å². The molecule has 3 N–H and O–H groups in total. The van der Waals surface area contributed by atoms with E-state index in [1.165, 1.54) is 6.08 Å². The summed E-state index contributed by atoms with van der Waals surface area (Å²) in [6.07, 6.45) is -0.624. The van der Waals surface area contributed by atoms with Gasteiger partial charge in [0, 0.05) is 5.56 Å². The van der Waals surface area contributed by atoms with E-state index >= 15 is 0 Å². The van der Waals surface area contributed by atoms with Crippen LogP contribution in [0.25, 0.3) is 5.57 Å². The second-order valence-corrected chi connectivity index (χ2v) is 7.97. The Labute approximate surface area is 213 Å². The maximum Gasteiger partial charge on any atom is 0.417 e. The maximum atomic E-state index is 13.7. The molecule has 0 aliphatic carbocycles. The van der Waals surface area contributed by atoms with Crippen molar-refractivity contribution in [2.45, 2.75) is 33.0 Å². The molecule has 11 heteroatoms. The molecule has 2 aliphatic rings. The van der Waals surface area contributed by atoms with Gasteiger partial charge in [0.25, 0.3) is 5.91 Å². The first-order valence-electron chi connectivity index (χ1n) is 11.7. The lowest BCUT2D eigenvalue weighted by molar-refractivity contribution is -0.148. The van der Waals surface area contributed by atoms with Gasteiger partial charge in [0.1, 0.15) is 0 Å². The van der Waals surface area contributed by atoms with Crippen LogP contribution < -0.4 is 15.1 Å². The topological polar surface area (TPSA) is 146 Å².